The second-order valence-electron chi connectivity index (χ2n) is 5.34. The summed E-state index contributed by atoms with van der Waals surface area (Å²) < 4.78 is 13.4. The molecule has 0 radical (unpaired) electrons. The highest BCUT2D eigenvalue weighted by molar-refractivity contribution is 7.99. The Balaban J connectivity index is 1.62. The number of thioether (sulfide) groups is 1. The van der Waals surface area contributed by atoms with E-state index in [0.717, 1.165) is 12.3 Å². The van der Waals surface area contributed by atoms with Crippen molar-refractivity contribution < 1.29 is 9.18 Å². The molecule has 0 saturated carbocycles. The number of likely N-dealkylation sites (tertiary alicyclic amines) is 1. The lowest BCUT2D eigenvalue weighted by Gasteiger charge is -2.19. The maximum Gasteiger partial charge on any atom is 0.234 e. The number of nitrogens with zero attached hydrogens (tertiary/aromatic N) is 1. The first-order chi connectivity index (χ1) is 10.3. The predicted octanol–water partition coefficient (Wildman–Crippen LogP) is 3.37. The SMILES string of the molecule is O=C(CSCCN1CCCCCC1)Nc1ccccc1F. The number of amides is 1. The van der Waals surface area contributed by atoms with E-state index in [0.29, 0.717) is 5.75 Å². The smallest absolute Gasteiger partial charge is 0.234 e. The van der Waals surface area contributed by atoms with Crippen LogP contribution in [0.1, 0.15) is 25.7 Å². The van der Waals surface area contributed by atoms with Crippen LogP contribution in [-0.4, -0.2) is 41.9 Å². The molecule has 5 heteroatoms. The van der Waals surface area contributed by atoms with Gasteiger partial charge in [-0.3, -0.25) is 4.79 Å². The van der Waals surface area contributed by atoms with Gasteiger partial charge in [0.25, 0.3) is 0 Å². The van der Waals surface area contributed by atoms with Gasteiger partial charge in [-0.15, -0.1) is 0 Å². The van der Waals surface area contributed by atoms with E-state index in [1.807, 2.05) is 0 Å². The topological polar surface area (TPSA) is 32.3 Å². The van der Waals surface area contributed by atoms with E-state index in [-0.39, 0.29) is 17.4 Å². The lowest BCUT2D eigenvalue weighted by Crippen LogP contribution is -2.27. The first-order valence-electron chi connectivity index (χ1n) is 7.60. The zero-order valence-corrected chi connectivity index (χ0v) is 13.1. The second-order valence-corrected chi connectivity index (χ2v) is 6.44. The fourth-order valence-electron chi connectivity index (χ4n) is 2.47. The molecule has 0 atom stereocenters. The summed E-state index contributed by atoms with van der Waals surface area (Å²) in [7, 11) is 0. The molecular weight excluding hydrogens is 287 g/mol. The Kier molecular flexibility index (Phi) is 7.03. The highest BCUT2D eigenvalue weighted by atomic mass is 32.2. The number of anilines is 1. The van der Waals surface area contributed by atoms with Gasteiger partial charge in [0.1, 0.15) is 5.82 Å². The standard InChI is InChI=1S/C16H23FN2OS/c17-14-7-3-4-8-15(14)18-16(20)13-21-12-11-19-9-5-1-2-6-10-19/h3-4,7-8H,1-2,5-6,9-13H2,(H,18,20). The molecule has 1 aliphatic rings. The van der Waals surface area contributed by atoms with Crippen LogP contribution in [0.2, 0.25) is 0 Å². The van der Waals surface area contributed by atoms with Crippen LogP contribution in [-0.2, 0) is 4.79 Å². The summed E-state index contributed by atoms with van der Waals surface area (Å²) in [5, 5.41) is 2.61. The van der Waals surface area contributed by atoms with Gasteiger partial charge in [0.2, 0.25) is 5.91 Å². The number of carbonyl (C=O) groups excluding carboxylic acids is 1. The molecule has 1 aromatic carbocycles. The van der Waals surface area contributed by atoms with Gasteiger partial charge in [-0.1, -0.05) is 25.0 Å². The van der Waals surface area contributed by atoms with Crippen LogP contribution in [0.5, 0.6) is 0 Å². The summed E-state index contributed by atoms with van der Waals surface area (Å²) >= 11 is 1.61. The highest BCUT2D eigenvalue weighted by Crippen LogP contribution is 2.14. The summed E-state index contributed by atoms with van der Waals surface area (Å²) in [5.41, 5.74) is 0.260. The third-order valence-electron chi connectivity index (χ3n) is 3.63. The normalized spacial score (nSPS) is 16.4. The van der Waals surface area contributed by atoms with Crippen molar-refractivity contribution >= 4 is 23.4 Å². The van der Waals surface area contributed by atoms with Crippen molar-refractivity contribution in [1.82, 2.24) is 4.90 Å². The first-order valence-corrected chi connectivity index (χ1v) is 8.75. The molecule has 0 aliphatic carbocycles. The van der Waals surface area contributed by atoms with E-state index >= 15 is 0 Å². The number of para-hydroxylation sites is 1. The van der Waals surface area contributed by atoms with Crippen LogP contribution in [0.25, 0.3) is 0 Å². The largest absolute Gasteiger partial charge is 0.323 e. The lowest BCUT2D eigenvalue weighted by molar-refractivity contribution is -0.113. The van der Waals surface area contributed by atoms with Crippen LogP contribution in [0.4, 0.5) is 10.1 Å². The lowest BCUT2D eigenvalue weighted by atomic mass is 10.2. The third-order valence-corrected chi connectivity index (χ3v) is 4.57. The highest BCUT2D eigenvalue weighted by Gasteiger charge is 2.09. The van der Waals surface area contributed by atoms with E-state index in [2.05, 4.69) is 10.2 Å². The molecule has 116 valence electrons. The number of hydrogen-bond donors (Lipinski definition) is 1. The first kappa shape index (κ1) is 16.3. The van der Waals surface area contributed by atoms with Crippen LogP contribution in [0.15, 0.2) is 24.3 Å². The van der Waals surface area contributed by atoms with Crippen molar-refractivity contribution in [3.63, 3.8) is 0 Å². The monoisotopic (exact) mass is 310 g/mol. The Morgan fingerprint density at radius 1 is 1.19 bits per heavy atom. The number of benzene rings is 1. The Labute approximate surface area is 130 Å². The second kappa shape index (κ2) is 9.05. The molecule has 2 rings (SSSR count). The molecule has 0 bridgehead atoms. The van der Waals surface area contributed by atoms with Crippen molar-refractivity contribution in [2.24, 2.45) is 0 Å². The fraction of sp³-hybridized carbons (Fsp3) is 0.562. The molecule has 1 N–H and O–H groups in total. The molecule has 1 saturated heterocycles. The summed E-state index contributed by atoms with van der Waals surface area (Å²) in [5.74, 6) is 0.800. The van der Waals surface area contributed by atoms with Gasteiger partial charge >= 0.3 is 0 Å². The van der Waals surface area contributed by atoms with Crippen molar-refractivity contribution in [2.75, 3.05) is 36.5 Å². The molecule has 1 heterocycles. The molecule has 0 unspecified atom stereocenters. The minimum absolute atomic E-state index is 0.138. The molecule has 1 fully saturated rings. The zero-order valence-electron chi connectivity index (χ0n) is 12.3. The average Bonchev–Trinajstić information content (AvgIpc) is 2.75. The number of carbonyl (C=O) groups is 1. The van der Waals surface area contributed by atoms with Crippen molar-refractivity contribution in [3.8, 4) is 0 Å². The Morgan fingerprint density at radius 3 is 2.62 bits per heavy atom. The summed E-state index contributed by atoms with van der Waals surface area (Å²) in [6, 6.07) is 6.25. The predicted molar refractivity (Wildman–Crippen MR) is 87.3 cm³/mol. The van der Waals surface area contributed by atoms with Gasteiger partial charge in [-0.25, -0.2) is 4.39 Å². The molecular formula is C16H23FN2OS. The zero-order chi connectivity index (χ0) is 14.9. The van der Waals surface area contributed by atoms with Crippen LogP contribution in [0.3, 0.4) is 0 Å². The van der Waals surface area contributed by atoms with Crippen LogP contribution in [0, 0.1) is 5.82 Å². The Morgan fingerprint density at radius 2 is 1.90 bits per heavy atom. The number of hydrogen-bond acceptors (Lipinski definition) is 3. The number of nitrogens with one attached hydrogen (secondary N) is 1. The molecule has 1 aliphatic heterocycles. The minimum Gasteiger partial charge on any atom is -0.323 e. The van der Waals surface area contributed by atoms with Gasteiger partial charge < -0.3 is 10.2 Å². The van der Waals surface area contributed by atoms with E-state index in [1.165, 1.54) is 44.8 Å². The maximum atomic E-state index is 13.4. The summed E-state index contributed by atoms with van der Waals surface area (Å²) in [4.78, 5) is 14.2. The molecule has 0 spiro atoms. The van der Waals surface area contributed by atoms with E-state index in [9.17, 15) is 9.18 Å². The van der Waals surface area contributed by atoms with Crippen molar-refractivity contribution in [2.45, 2.75) is 25.7 Å². The summed E-state index contributed by atoms with van der Waals surface area (Å²) in [6.07, 6.45) is 5.26. The quantitative estimate of drug-likeness (QED) is 0.818. The van der Waals surface area contributed by atoms with Gasteiger partial charge in [0, 0.05) is 12.3 Å². The molecule has 1 aromatic rings. The third kappa shape index (κ3) is 6.06. The van der Waals surface area contributed by atoms with Crippen LogP contribution >= 0.6 is 11.8 Å². The van der Waals surface area contributed by atoms with Crippen molar-refractivity contribution in [3.05, 3.63) is 30.1 Å². The van der Waals surface area contributed by atoms with Crippen LogP contribution < -0.4 is 5.32 Å². The molecule has 3 nitrogen and oxygen atoms in total. The maximum absolute atomic E-state index is 13.4. The molecule has 0 aromatic heterocycles. The summed E-state index contributed by atoms with van der Waals surface area (Å²) in [6.45, 7) is 3.40. The molecule has 21 heavy (non-hydrogen) atoms. The van der Waals surface area contributed by atoms with Gasteiger partial charge in [-0.2, -0.15) is 11.8 Å². The molecule has 1 amide bonds. The average molecular weight is 310 g/mol. The minimum atomic E-state index is -0.389. The Hall–Kier alpha value is -1.07. The van der Waals surface area contributed by atoms with Gasteiger partial charge in [0.15, 0.2) is 0 Å². The van der Waals surface area contributed by atoms with E-state index in [4.69, 9.17) is 0 Å². The fourth-order valence-corrected chi connectivity index (χ4v) is 3.26. The number of halogens is 1. The number of rotatable bonds is 6. The Bertz CT molecular complexity index is 448. The van der Waals surface area contributed by atoms with E-state index < -0.39 is 0 Å². The van der Waals surface area contributed by atoms with Gasteiger partial charge in [-0.05, 0) is 38.1 Å². The van der Waals surface area contributed by atoms with Crippen molar-refractivity contribution in [1.29, 1.82) is 0 Å². The van der Waals surface area contributed by atoms with Gasteiger partial charge in [0.05, 0.1) is 11.4 Å². The van der Waals surface area contributed by atoms with E-state index in [1.54, 1.807) is 30.0 Å².